The molecule has 1 aliphatic rings. The van der Waals surface area contributed by atoms with Gasteiger partial charge in [0.2, 0.25) is 0 Å². The van der Waals surface area contributed by atoms with Crippen molar-refractivity contribution in [2.24, 2.45) is 0 Å². The largest absolute Gasteiger partial charge is 0.391 e. The molecule has 2 aromatic carbocycles. The lowest BCUT2D eigenvalue weighted by atomic mass is 10.0. The number of aliphatic hydroxyl groups excluding tert-OH is 1. The predicted octanol–water partition coefficient (Wildman–Crippen LogP) is 2.68. The SMILES string of the molecule is CS(=O)(=O)c1ccc(N2CC(O)CC2c2cc(F)ccc2F)cc1. The third-order valence-corrected chi connectivity index (χ3v) is 5.32. The van der Waals surface area contributed by atoms with Crippen LogP contribution in [0.2, 0.25) is 0 Å². The molecule has 1 heterocycles. The minimum atomic E-state index is -3.31. The fourth-order valence-electron chi connectivity index (χ4n) is 3.05. The molecule has 0 amide bonds. The van der Waals surface area contributed by atoms with Crippen molar-refractivity contribution in [3.63, 3.8) is 0 Å². The smallest absolute Gasteiger partial charge is 0.175 e. The highest BCUT2D eigenvalue weighted by Gasteiger charge is 2.34. The van der Waals surface area contributed by atoms with Crippen molar-refractivity contribution in [3.05, 3.63) is 59.7 Å². The lowest BCUT2D eigenvalue weighted by Crippen LogP contribution is -2.24. The first kappa shape index (κ1) is 16.9. The lowest BCUT2D eigenvalue weighted by molar-refractivity contribution is 0.194. The summed E-state index contributed by atoms with van der Waals surface area (Å²) in [4.78, 5) is 1.94. The van der Waals surface area contributed by atoms with Crippen LogP contribution in [0, 0.1) is 11.6 Å². The third kappa shape index (κ3) is 3.27. The average Bonchev–Trinajstić information content (AvgIpc) is 2.91. The lowest BCUT2D eigenvalue weighted by Gasteiger charge is -2.27. The van der Waals surface area contributed by atoms with Gasteiger partial charge >= 0.3 is 0 Å². The van der Waals surface area contributed by atoms with Gasteiger partial charge in [-0.05, 0) is 48.9 Å². The van der Waals surface area contributed by atoms with Gasteiger partial charge in [0, 0.05) is 24.1 Å². The van der Waals surface area contributed by atoms with Crippen LogP contribution in [0.3, 0.4) is 0 Å². The van der Waals surface area contributed by atoms with E-state index in [-0.39, 0.29) is 23.4 Å². The second-order valence-corrected chi connectivity index (χ2v) is 8.01. The van der Waals surface area contributed by atoms with E-state index in [4.69, 9.17) is 0 Å². The third-order valence-electron chi connectivity index (χ3n) is 4.19. The van der Waals surface area contributed by atoms with E-state index in [1.54, 1.807) is 17.0 Å². The Morgan fingerprint density at radius 3 is 2.42 bits per heavy atom. The first-order valence-electron chi connectivity index (χ1n) is 7.45. The summed E-state index contributed by atoms with van der Waals surface area (Å²) in [7, 11) is -3.31. The second kappa shape index (κ2) is 6.14. The first-order valence-corrected chi connectivity index (χ1v) is 9.34. The molecule has 0 bridgehead atoms. The maximum atomic E-state index is 14.1. The van der Waals surface area contributed by atoms with Gasteiger partial charge in [0.25, 0.3) is 0 Å². The normalized spacial score (nSPS) is 21.2. The maximum Gasteiger partial charge on any atom is 0.175 e. The average molecular weight is 353 g/mol. The van der Waals surface area contributed by atoms with Gasteiger partial charge in [-0.2, -0.15) is 0 Å². The van der Waals surface area contributed by atoms with Crippen LogP contribution in [0.25, 0.3) is 0 Å². The van der Waals surface area contributed by atoms with E-state index < -0.39 is 33.6 Å². The predicted molar refractivity (Wildman–Crippen MR) is 86.6 cm³/mol. The van der Waals surface area contributed by atoms with E-state index in [1.807, 2.05) is 0 Å². The number of sulfone groups is 1. The van der Waals surface area contributed by atoms with E-state index >= 15 is 0 Å². The molecule has 1 N–H and O–H groups in total. The number of nitrogens with zero attached hydrogens (tertiary/aromatic N) is 1. The molecular weight excluding hydrogens is 336 g/mol. The van der Waals surface area contributed by atoms with Crippen molar-refractivity contribution in [2.75, 3.05) is 17.7 Å². The van der Waals surface area contributed by atoms with Gasteiger partial charge in [-0.3, -0.25) is 0 Å². The second-order valence-electron chi connectivity index (χ2n) is 5.99. The van der Waals surface area contributed by atoms with Gasteiger partial charge in [-0.1, -0.05) is 0 Å². The Morgan fingerprint density at radius 2 is 1.79 bits per heavy atom. The molecule has 128 valence electrons. The highest BCUT2D eigenvalue weighted by Crippen LogP contribution is 2.37. The zero-order valence-corrected chi connectivity index (χ0v) is 13.8. The Balaban J connectivity index is 1.98. The molecule has 1 saturated heterocycles. The number of benzene rings is 2. The van der Waals surface area contributed by atoms with Crippen LogP contribution in [0.5, 0.6) is 0 Å². The molecule has 1 fully saturated rings. The number of anilines is 1. The summed E-state index contributed by atoms with van der Waals surface area (Å²) >= 11 is 0. The molecule has 2 unspecified atom stereocenters. The van der Waals surface area contributed by atoms with Crippen LogP contribution in [0.4, 0.5) is 14.5 Å². The zero-order chi connectivity index (χ0) is 17.5. The molecule has 0 aliphatic carbocycles. The highest BCUT2D eigenvalue weighted by molar-refractivity contribution is 7.90. The van der Waals surface area contributed by atoms with Gasteiger partial charge in [0.15, 0.2) is 9.84 Å². The molecule has 2 aromatic rings. The zero-order valence-electron chi connectivity index (χ0n) is 13.0. The number of β-amino-alcohol motifs (C(OH)–C–C–N with tert-alkyl or cyclic N) is 1. The van der Waals surface area contributed by atoms with Gasteiger partial charge in [-0.25, -0.2) is 17.2 Å². The van der Waals surface area contributed by atoms with Crippen molar-refractivity contribution >= 4 is 15.5 Å². The van der Waals surface area contributed by atoms with Crippen molar-refractivity contribution in [1.29, 1.82) is 0 Å². The summed E-state index contributed by atoms with van der Waals surface area (Å²) in [5.74, 6) is -1.08. The van der Waals surface area contributed by atoms with Gasteiger partial charge in [-0.15, -0.1) is 0 Å². The Hall–Kier alpha value is -1.99. The summed E-state index contributed by atoms with van der Waals surface area (Å²) in [5.41, 5.74) is 0.825. The van der Waals surface area contributed by atoms with Crippen LogP contribution in [-0.2, 0) is 9.84 Å². The molecule has 0 saturated carbocycles. The fraction of sp³-hybridized carbons (Fsp3) is 0.294. The molecule has 4 nitrogen and oxygen atoms in total. The van der Waals surface area contributed by atoms with E-state index in [1.165, 1.54) is 12.1 Å². The highest BCUT2D eigenvalue weighted by atomic mass is 32.2. The molecular formula is C17H17F2NO3S. The number of halogens is 2. The molecule has 7 heteroatoms. The summed E-state index contributed by atoms with van der Waals surface area (Å²) in [6.07, 6.45) is 0.716. The standard InChI is InChI=1S/C17H17F2NO3S/c1-24(22,23)14-5-3-12(4-6-14)20-10-13(21)9-17(20)15-8-11(18)2-7-16(15)19/h2-8,13,17,21H,9-10H2,1H3. The monoisotopic (exact) mass is 353 g/mol. The summed E-state index contributed by atoms with van der Waals surface area (Å²) in [5, 5.41) is 9.98. The first-order chi connectivity index (χ1) is 11.3. The van der Waals surface area contributed by atoms with E-state index in [2.05, 4.69) is 0 Å². The van der Waals surface area contributed by atoms with Gasteiger partial charge < -0.3 is 10.0 Å². The molecule has 0 spiro atoms. The molecule has 3 rings (SSSR count). The Morgan fingerprint density at radius 1 is 1.12 bits per heavy atom. The quantitative estimate of drug-likeness (QED) is 0.922. The Bertz CT molecular complexity index is 853. The number of rotatable bonds is 3. The van der Waals surface area contributed by atoms with Crippen LogP contribution < -0.4 is 4.90 Å². The van der Waals surface area contributed by atoms with E-state index in [0.717, 1.165) is 24.5 Å². The van der Waals surface area contributed by atoms with Crippen molar-refractivity contribution in [3.8, 4) is 0 Å². The van der Waals surface area contributed by atoms with Gasteiger partial charge in [0.1, 0.15) is 11.6 Å². The van der Waals surface area contributed by atoms with E-state index in [0.29, 0.717) is 5.69 Å². The summed E-state index contributed by atoms with van der Waals surface area (Å²) in [6.45, 7) is 0.263. The molecule has 0 aromatic heterocycles. The van der Waals surface area contributed by atoms with Crippen LogP contribution in [0.1, 0.15) is 18.0 Å². The van der Waals surface area contributed by atoms with Gasteiger partial charge in [0.05, 0.1) is 17.0 Å². The van der Waals surface area contributed by atoms with E-state index in [9.17, 15) is 22.3 Å². The molecule has 0 radical (unpaired) electrons. The molecule has 2 atom stereocenters. The fourth-order valence-corrected chi connectivity index (χ4v) is 3.68. The molecule has 1 aliphatic heterocycles. The Kier molecular flexibility index (Phi) is 4.31. The van der Waals surface area contributed by atoms with Crippen LogP contribution in [0.15, 0.2) is 47.4 Å². The Labute approximate surface area is 139 Å². The number of hydrogen-bond donors (Lipinski definition) is 1. The maximum absolute atomic E-state index is 14.1. The minimum Gasteiger partial charge on any atom is -0.391 e. The summed E-state index contributed by atoms with van der Waals surface area (Å²) < 4.78 is 50.7. The van der Waals surface area contributed by atoms with Crippen molar-refractivity contribution in [1.82, 2.24) is 0 Å². The minimum absolute atomic E-state index is 0.179. The van der Waals surface area contributed by atoms with Crippen LogP contribution >= 0.6 is 0 Å². The van der Waals surface area contributed by atoms with Crippen LogP contribution in [-0.4, -0.2) is 32.4 Å². The van der Waals surface area contributed by atoms with Crippen molar-refractivity contribution in [2.45, 2.75) is 23.5 Å². The number of hydrogen-bond acceptors (Lipinski definition) is 4. The summed E-state index contributed by atoms with van der Waals surface area (Å²) in [6, 6.07) is 8.89. The van der Waals surface area contributed by atoms with Crippen molar-refractivity contribution < 1.29 is 22.3 Å². The number of aliphatic hydroxyl groups is 1. The topological polar surface area (TPSA) is 57.6 Å². The molecule has 24 heavy (non-hydrogen) atoms.